The minimum Gasteiger partial charge on any atom is -0.497 e. The standard InChI is InChI=1S/C15H22O3/c1-4-5-6-7-8-15(16)12-9-13(17-2)11-14(10-12)18-3/h9-11H,4-8H2,1-3H3. The van der Waals surface area contributed by atoms with Crippen LogP contribution in [0.1, 0.15) is 49.4 Å². The summed E-state index contributed by atoms with van der Waals surface area (Å²) in [5.41, 5.74) is 0.669. The molecular weight excluding hydrogens is 228 g/mol. The monoisotopic (exact) mass is 250 g/mol. The minimum absolute atomic E-state index is 0.156. The molecule has 0 fully saturated rings. The van der Waals surface area contributed by atoms with Gasteiger partial charge in [0, 0.05) is 18.1 Å². The average molecular weight is 250 g/mol. The summed E-state index contributed by atoms with van der Waals surface area (Å²) in [6.07, 6.45) is 5.03. The van der Waals surface area contributed by atoms with Gasteiger partial charge < -0.3 is 9.47 Å². The van der Waals surface area contributed by atoms with Crippen molar-refractivity contribution in [2.45, 2.75) is 39.0 Å². The van der Waals surface area contributed by atoms with Crippen molar-refractivity contribution in [3.63, 3.8) is 0 Å². The third-order valence-corrected chi connectivity index (χ3v) is 2.93. The van der Waals surface area contributed by atoms with Gasteiger partial charge in [-0.05, 0) is 18.6 Å². The quantitative estimate of drug-likeness (QED) is 0.519. The molecule has 1 aromatic rings. The lowest BCUT2D eigenvalue weighted by Gasteiger charge is -2.07. The molecule has 0 unspecified atom stereocenters. The molecule has 0 saturated carbocycles. The van der Waals surface area contributed by atoms with E-state index in [0.717, 1.165) is 12.8 Å². The van der Waals surface area contributed by atoms with Gasteiger partial charge in [-0.2, -0.15) is 0 Å². The summed E-state index contributed by atoms with van der Waals surface area (Å²) < 4.78 is 10.3. The molecule has 100 valence electrons. The summed E-state index contributed by atoms with van der Waals surface area (Å²) in [6.45, 7) is 2.16. The number of ether oxygens (including phenoxy) is 2. The van der Waals surface area contributed by atoms with Crippen molar-refractivity contribution in [1.29, 1.82) is 0 Å². The van der Waals surface area contributed by atoms with Gasteiger partial charge in [0.05, 0.1) is 14.2 Å². The van der Waals surface area contributed by atoms with Gasteiger partial charge in [-0.3, -0.25) is 4.79 Å². The van der Waals surface area contributed by atoms with Crippen LogP contribution in [0, 0.1) is 0 Å². The first-order valence-corrected chi connectivity index (χ1v) is 6.47. The Bertz CT molecular complexity index is 363. The van der Waals surface area contributed by atoms with E-state index in [1.54, 1.807) is 32.4 Å². The van der Waals surface area contributed by atoms with E-state index in [9.17, 15) is 4.79 Å². The number of ketones is 1. The van der Waals surface area contributed by atoms with Crippen molar-refractivity contribution >= 4 is 5.78 Å². The van der Waals surface area contributed by atoms with Crippen molar-refractivity contribution < 1.29 is 14.3 Å². The first-order valence-electron chi connectivity index (χ1n) is 6.47. The summed E-state index contributed by atoms with van der Waals surface area (Å²) >= 11 is 0. The zero-order valence-corrected chi connectivity index (χ0v) is 11.5. The van der Waals surface area contributed by atoms with Gasteiger partial charge in [0.25, 0.3) is 0 Å². The number of benzene rings is 1. The highest BCUT2D eigenvalue weighted by molar-refractivity contribution is 5.96. The predicted octanol–water partition coefficient (Wildman–Crippen LogP) is 3.86. The SMILES string of the molecule is CCCCCCC(=O)c1cc(OC)cc(OC)c1. The van der Waals surface area contributed by atoms with Gasteiger partial charge in [0.2, 0.25) is 0 Å². The molecule has 0 amide bonds. The van der Waals surface area contributed by atoms with Crippen LogP contribution in [0.3, 0.4) is 0 Å². The Balaban J connectivity index is 2.66. The second kappa shape index (κ2) is 7.75. The van der Waals surface area contributed by atoms with Crippen molar-refractivity contribution in [3.05, 3.63) is 23.8 Å². The van der Waals surface area contributed by atoms with Gasteiger partial charge in [-0.1, -0.05) is 26.2 Å². The number of rotatable bonds is 8. The Hall–Kier alpha value is -1.51. The molecule has 0 aliphatic heterocycles. The molecule has 0 aromatic heterocycles. The third-order valence-electron chi connectivity index (χ3n) is 2.93. The second-order valence-corrected chi connectivity index (χ2v) is 4.34. The lowest BCUT2D eigenvalue weighted by molar-refractivity contribution is 0.0978. The van der Waals surface area contributed by atoms with Crippen LogP contribution in [0.5, 0.6) is 11.5 Å². The summed E-state index contributed by atoms with van der Waals surface area (Å²) in [5, 5.41) is 0. The summed E-state index contributed by atoms with van der Waals surface area (Å²) in [7, 11) is 3.18. The van der Waals surface area contributed by atoms with Gasteiger partial charge in [-0.25, -0.2) is 0 Å². The van der Waals surface area contributed by atoms with Gasteiger partial charge in [0.1, 0.15) is 11.5 Å². The van der Waals surface area contributed by atoms with E-state index in [-0.39, 0.29) is 5.78 Å². The van der Waals surface area contributed by atoms with Gasteiger partial charge in [0.15, 0.2) is 5.78 Å². The number of methoxy groups -OCH3 is 2. The van der Waals surface area contributed by atoms with E-state index in [4.69, 9.17) is 9.47 Å². The van der Waals surface area contributed by atoms with E-state index in [0.29, 0.717) is 23.5 Å². The molecule has 3 nitrogen and oxygen atoms in total. The van der Waals surface area contributed by atoms with Crippen LogP contribution in [0.15, 0.2) is 18.2 Å². The van der Waals surface area contributed by atoms with Crippen LogP contribution in [-0.4, -0.2) is 20.0 Å². The van der Waals surface area contributed by atoms with E-state index in [1.807, 2.05) is 0 Å². The van der Waals surface area contributed by atoms with Crippen molar-refractivity contribution in [1.82, 2.24) is 0 Å². The molecule has 3 heteroatoms. The Labute approximate surface area is 109 Å². The molecule has 0 radical (unpaired) electrons. The van der Waals surface area contributed by atoms with Crippen LogP contribution in [-0.2, 0) is 0 Å². The molecule has 0 bridgehead atoms. The molecule has 1 aromatic carbocycles. The van der Waals surface area contributed by atoms with Crippen LogP contribution in [0.2, 0.25) is 0 Å². The second-order valence-electron chi connectivity index (χ2n) is 4.34. The zero-order valence-electron chi connectivity index (χ0n) is 11.5. The molecule has 0 aliphatic rings. The lowest BCUT2D eigenvalue weighted by Crippen LogP contribution is -2.00. The van der Waals surface area contributed by atoms with Gasteiger partial charge >= 0.3 is 0 Å². The molecule has 18 heavy (non-hydrogen) atoms. The van der Waals surface area contributed by atoms with Crippen LogP contribution in [0.25, 0.3) is 0 Å². The average Bonchev–Trinajstić information content (AvgIpc) is 2.42. The molecule has 0 heterocycles. The third kappa shape index (κ3) is 4.40. The maximum atomic E-state index is 12.0. The summed E-state index contributed by atoms with van der Waals surface area (Å²) in [4.78, 5) is 12.0. The largest absolute Gasteiger partial charge is 0.497 e. The molecular formula is C15H22O3. The molecule has 1 rings (SSSR count). The Morgan fingerprint density at radius 2 is 1.61 bits per heavy atom. The zero-order chi connectivity index (χ0) is 13.4. The van der Waals surface area contributed by atoms with E-state index in [1.165, 1.54) is 12.8 Å². The van der Waals surface area contributed by atoms with E-state index >= 15 is 0 Å². The number of carbonyl (C=O) groups excluding carboxylic acids is 1. The topological polar surface area (TPSA) is 35.5 Å². The Kier molecular flexibility index (Phi) is 6.26. The fraction of sp³-hybridized carbons (Fsp3) is 0.533. The highest BCUT2D eigenvalue weighted by Crippen LogP contribution is 2.23. The maximum absolute atomic E-state index is 12.0. The molecule has 0 saturated heterocycles. The Morgan fingerprint density at radius 1 is 1.00 bits per heavy atom. The highest BCUT2D eigenvalue weighted by Gasteiger charge is 2.09. The first-order chi connectivity index (χ1) is 8.71. The fourth-order valence-electron chi connectivity index (χ4n) is 1.83. The van der Waals surface area contributed by atoms with E-state index < -0.39 is 0 Å². The highest BCUT2D eigenvalue weighted by atomic mass is 16.5. The number of Topliss-reactive ketones (excluding diaryl/α,β-unsaturated/α-hetero) is 1. The molecule has 0 aliphatic carbocycles. The minimum atomic E-state index is 0.156. The predicted molar refractivity (Wildman–Crippen MR) is 72.6 cm³/mol. The van der Waals surface area contributed by atoms with Crippen LogP contribution < -0.4 is 9.47 Å². The smallest absolute Gasteiger partial charge is 0.163 e. The van der Waals surface area contributed by atoms with Crippen molar-refractivity contribution in [2.24, 2.45) is 0 Å². The number of carbonyl (C=O) groups is 1. The van der Waals surface area contributed by atoms with Crippen molar-refractivity contribution in [3.8, 4) is 11.5 Å². The molecule has 0 atom stereocenters. The van der Waals surface area contributed by atoms with E-state index in [2.05, 4.69) is 6.92 Å². The number of hydrogen-bond donors (Lipinski definition) is 0. The first kappa shape index (κ1) is 14.6. The number of hydrogen-bond acceptors (Lipinski definition) is 3. The maximum Gasteiger partial charge on any atom is 0.163 e. The fourth-order valence-corrected chi connectivity index (χ4v) is 1.83. The number of unbranched alkanes of at least 4 members (excludes halogenated alkanes) is 3. The summed E-state index contributed by atoms with van der Waals surface area (Å²) in [5.74, 6) is 1.47. The lowest BCUT2D eigenvalue weighted by atomic mass is 10.0. The summed E-state index contributed by atoms with van der Waals surface area (Å²) in [6, 6.07) is 5.31. The van der Waals surface area contributed by atoms with Crippen molar-refractivity contribution in [2.75, 3.05) is 14.2 Å². The molecule has 0 N–H and O–H groups in total. The van der Waals surface area contributed by atoms with Crippen LogP contribution >= 0.6 is 0 Å². The van der Waals surface area contributed by atoms with Crippen LogP contribution in [0.4, 0.5) is 0 Å². The normalized spacial score (nSPS) is 10.2. The Morgan fingerprint density at radius 3 is 2.11 bits per heavy atom. The molecule has 0 spiro atoms. The van der Waals surface area contributed by atoms with Gasteiger partial charge in [-0.15, -0.1) is 0 Å².